The molecular formula is C12H11N5OS. The summed E-state index contributed by atoms with van der Waals surface area (Å²) in [6.07, 6.45) is 3.83. The Morgan fingerprint density at radius 3 is 3.11 bits per heavy atom. The van der Waals surface area contributed by atoms with E-state index in [-0.39, 0.29) is 5.91 Å². The maximum Gasteiger partial charge on any atom is 0.270 e. The number of aromatic amines is 1. The molecule has 0 saturated heterocycles. The van der Waals surface area contributed by atoms with Gasteiger partial charge in [0.15, 0.2) is 0 Å². The number of rotatable bonds is 3. The molecule has 2 N–H and O–H groups in total. The molecule has 0 aromatic carbocycles. The van der Waals surface area contributed by atoms with Gasteiger partial charge in [0.25, 0.3) is 5.91 Å². The minimum atomic E-state index is -0.254. The van der Waals surface area contributed by atoms with Crippen LogP contribution in [0.5, 0.6) is 0 Å². The van der Waals surface area contributed by atoms with Gasteiger partial charge in [-0.1, -0.05) is 4.49 Å². The van der Waals surface area contributed by atoms with Crippen LogP contribution in [0.3, 0.4) is 0 Å². The molecule has 0 bridgehead atoms. The summed E-state index contributed by atoms with van der Waals surface area (Å²) < 4.78 is 3.85. The minimum Gasteiger partial charge on any atom is -0.347 e. The first-order valence-corrected chi connectivity index (χ1v) is 6.69. The van der Waals surface area contributed by atoms with Gasteiger partial charge in [0.05, 0.1) is 11.3 Å². The Hall–Kier alpha value is -2.20. The third-order valence-corrected chi connectivity index (χ3v) is 3.85. The zero-order valence-corrected chi connectivity index (χ0v) is 11.0. The average molecular weight is 273 g/mol. The number of nitriles is 1. The summed E-state index contributed by atoms with van der Waals surface area (Å²) in [7, 11) is 0. The van der Waals surface area contributed by atoms with E-state index in [2.05, 4.69) is 26.0 Å². The largest absolute Gasteiger partial charge is 0.347 e. The number of aromatic nitrogens is 3. The lowest BCUT2D eigenvalue weighted by molar-refractivity contribution is 0.102. The number of hydrogen-bond donors (Lipinski definition) is 2. The number of carbonyl (C=O) groups excluding carboxylic acids is 1. The van der Waals surface area contributed by atoms with Crippen LogP contribution in [0.2, 0.25) is 0 Å². The van der Waals surface area contributed by atoms with E-state index >= 15 is 0 Å². The molecule has 2 aromatic heterocycles. The van der Waals surface area contributed by atoms with E-state index in [4.69, 9.17) is 5.26 Å². The molecular weight excluding hydrogens is 262 g/mol. The fraction of sp³-hybridized carbons (Fsp3) is 0.333. The maximum atomic E-state index is 12.2. The summed E-state index contributed by atoms with van der Waals surface area (Å²) in [4.78, 5) is 15.6. The first kappa shape index (κ1) is 11.9. The Kier molecular flexibility index (Phi) is 2.80. The molecule has 0 unspecified atom stereocenters. The van der Waals surface area contributed by atoms with Crippen LogP contribution in [-0.2, 0) is 0 Å². The highest BCUT2D eigenvalue weighted by molar-refractivity contribution is 7.08. The van der Waals surface area contributed by atoms with Gasteiger partial charge < -0.3 is 10.3 Å². The quantitative estimate of drug-likeness (QED) is 0.896. The molecule has 1 amide bonds. The van der Waals surface area contributed by atoms with Gasteiger partial charge in [-0.2, -0.15) is 5.26 Å². The number of nitrogens with zero attached hydrogens (tertiary/aromatic N) is 3. The lowest BCUT2D eigenvalue weighted by Gasteiger charge is -2.02. The van der Waals surface area contributed by atoms with Gasteiger partial charge in [-0.05, 0) is 36.9 Å². The summed E-state index contributed by atoms with van der Waals surface area (Å²) in [5, 5.41) is 15.8. The van der Waals surface area contributed by atoms with Crippen molar-refractivity contribution in [1.82, 2.24) is 14.6 Å². The second-order valence-corrected chi connectivity index (χ2v) is 5.30. The van der Waals surface area contributed by atoms with E-state index in [1.807, 2.05) is 6.92 Å². The zero-order valence-electron chi connectivity index (χ0n) is 10.2. The van der Waals surface area contributed by atoms with Crippen LogP contribution < -0.4 is 5.32 Å². The summed E-state index contributed by atoms with van der Waals surface area (Å²) >= 11 is 1.10. The van der Waals surface area contributed by atoms with Gasteiger partial charge in [-0.15, -0.1) is 5.10 Å². The van der Waals surface area contributed by atoms with Crippen LogP contribution in [0.1, 0.15) is 45.3 Å². The molecule has 7 heteroatoms. The standard InChI is InChI=1S/C12H11N5OS/c1-6-5-14-11(8(6)4-13)15-12(18)10-9(7-2-3-7)16-17-19-10/h5,7,14H,2-3H2,1H3,(H,15,18). The molecule has 0 radical (unpaired) electrons. The highest BCUT2D eigenvalue weighted by atomic mass is 32.1. The molecule has 2 heterocycles. The molecule has 0 aliphatic heterocycles. The van der Waals surface area contributed by atoms with E-state index in [0.29, 0.717) is 22.2 Å². The van der Waals surface area contributed by atoms with Crippen molar-refractivity contribution in [2.75, 3.05) is 5.32 Å². The molecule has 3 rings (SSSR count). The van der Waals surface area contributed by atoms with Crippen molar-refractivity contribution >= 4 is 23.3 Å². The van der Waals surface area contributed by atoms with Crippen molar-refractivity contribution < 1.29 is 4.79 Å². The van der Waals surface area contributed by atoms with Gasteiger partial charge in [-0.25, -0.2) is 0 Å². The van der Waals surface area contributed by atoms with Crippen LogP contribution in [0.15, 0.2) is 6.20 Å². The van der Waals surface area contributed by atoms with E-state index in [9.17, 15) is 4.79 Å². The molecule has 1 aliphatic rings. The van der Waals surface area contributed by atoms with Crippen molar-refractivity contribution in [2.24, 2.45) is 0 Å². The molecule has 1 aliphatic carbocycles. The Labute approximate surface area is 113 Å². The number of hydrogen-bond acceptors (Lipinski definition) is 5. The zero-order chi connectivity index (χ0) is 13.4. The van der Waals surface area contributed by atoms with Crippen molar-refractivity contribution in [3.63, 3.8) is 0 Å². The van der Waals surface area contributed by atoms with Crippen molar-refractivity contribution in [1.29, 1.82) is 5.26 Å². The molecule has 1 saturated carbocycles. The van der Waals surface area contributed by atoms with E-state index < -0.39 is 0 Å². The molecule has 6 nitrogen and oxygen atoms in total. The van der Waals surface area contributed by atoms with Gasteiger partial charge in [0.2, 0.25) is 0 Å². The van der Waals surface area contributed by atoms with Gasteiger partial charge in [0.1, 0.15) is 16.8 Å². The molecule has 2 aromatic rings. The molecule has 0 atom stereocenters. The smallest absolute Gasteiger partial charge is 0.270 e. The number of amides is 1. The topological polar surface area (TPSA) is 94.5 Å². The maximum absolute atomic E-state index is 12.2. The van der Waals surface area contributed by atoms with Crippen LogP contribution >= 0.6 is 11.5 Å². The van der Waals surface area contributed by atoms with Crippen molar-refractivity contribution in [2.45, 2.75) is 25.7 Å². The van der Waals surface area contributed by atoms with Crippen molar-refractivity contribution in [3.8, 4) is 6.07 Å². The minimum absolute atomic E-state index is 0.254. The van der Waals surface area contributed by atoms with Crippen LogP contribution in [-0.4, -0.2) is 20.5 Å². The number of carbonyl (C=O) groups is 1. The van der Waals surface area contributed by atoms with E-state index in [1.165, 1.54) is 0 Å². The van der Waals surface area contributed by atoms with E-state index in [1.54, 1.807) is 6.20 Å². The SMILES string of the molecule is Cc1c[nH]c(NC(=O)c2snnc2C2CC2)c1C#N. The predicted octanol–water partition coefficient (Wildman–Crippen LogP) is 2.18. The van der Waals surface area contributed by atoms with Crippen LogP contribution in [0.4, 0.5) is 5.82 Å². The average Bonchev–Trinajstić information content (AvgIpc) is 3.02. The lowest BCUT2D eigenvalue weighted by Crippen LogP contribution is -2.13. The Morgan fingerprint density at radius 2 is 2.42 bits per heavy atom. The highest BCUT2D eigenvalue weighted by Crippen LogP contribution is 2.41. The molecule has 0 spiro atoms. The van der Waals surface area contributed by atoms with E-state index in [0.717, 1.165) is 35.6 Å². The van der Waals surface area contributed by atoms with Gasteiger partial charge >= 0.3 is 0 Å². The number of H-pyrrole nitrogens is 1. The molecule has 19 heavy (non-hydrogen) atoms. The lowest BCUT2D eigenvalue weighted by atomic mass is 10.2. The Morgan fingerprint density at radius 1 is 1.63 bits per heavy atom. The second kappa shape index (κ2) is 4.48. The first-order chi connectivity index (χ1) is 9.20. The van der Waals surface area contributed by atoms with Crippen LogP contribution in [0.25, 0.3) is 0 Å². The molecule has 96 valence electrons. The third kappa shape index (κ3) is 2.11. The second-order valence-electron chi connectivity index (χ2n) is 4.55. The third-order valence-electron chi connectivity index (χ3n) is 3.11. The number of nitrogens with one attached hydrogen (secondary N) is 2. The molecule has 1 fully saturated rings. The monoisotopic (exact) mass is 273 g/mol. The highest BCUT2D eigenvalue weighted by Gasteiger charge is 2.32. The number of anilines is 1. The summed E-state index contributed by atoms with van der Waals surface area (Å²) in [6, 6.07) is 2.07. The summed E-state index contributed by atoms with van der Waals surface area (Å²) in [5.74, 6) is 0.552. The predicted molar refractivity (Wildman–Crippen MR) is 70.1 cm³/mol. The fourth-order valence-electron chi connectivity index (χ4n) is 1.91. The summed E-state index contributed by atoms with van der Waals surface area (Å²) in [5.41, 5.74) is 2.05. The number of aryl methyl sites for hydroxylation is 1. The van der Waals surface area contributed by atoms with Gasteiger partial charge in [-0.3, -0.25) is 4.79 Å². The Balaban J connectivity index is 1.85. The fourth-order valence-corrected chi connectivity index (χ4v) is 2.56. The van der Waals surface area contributed by atoms with Gasteiger partial charge in [0, 0.05) is 12.1 Å². The van der Waals surface area contributed by atoms with Crippen molar-refractivity contribution in [3.05, 3.63) is 27.9 Å². The first-order valence-electron chi connectivity index (χ1n) is 5.92. The summed E-state index contributed by atoms with van der Waals surface area (Å²) in [6.45, 7) is 1.81. The van der Waals surface area contributed by atoms with Crippen LogP contribution in [0, 0.1) is 18.3 Å². The normalized spacial score (nSPS) is 14.1. The Bertz CT molecular complexity index is 677.